The molecule has 0 aliphatic carbocycles. The number of nitrogens with one attached hydrogen (secondary N) is 1. The van der Waals surface area contributed by atoms with Crippen molar-refractivity contribution >= 4 is 38.6 Å². The Labute approximate surface area is 141 Å². The highest BCUT2D eigenvalue weighted by molar-refractivity contribution is 9.10. The lowest BCUT2D eigenvalue weighted by molar-refractivity contribution is -0.116. The predicted molar refractivity (Wildman–Crippen MR) is 92.6 cm³/mol. The molecule has 0 aliphatic heterocycles. The molecule has 0 spiro atoms. The summed E-state index contributed by atoms with van der Waals surface area (Å²) in [6, 6.07) is 12.8. The summed E-state index contributed by atoms with van der Waals surface area (Å²) in [5.41, 5.74) is 2.97. The third-order valence-corrected chi connectivity index (χ3v) is 4.09. The second-order valence-electron chi connectivity index (χ2n) is 5.24. The molecule has 0 unspecified atom stereocenters. The third kappa shape index (κ3) is 3.37. The molecule has 0 fully saturated rings. The number of nitrogens with zero attached hydrogens (tertiary/aromatic N) is 1. The first-order valence-electron chi connectivity index (χ1n) is 7.19. The van der Waals surface area contributed by atoms with Gasteiger partial charge < -0.3 is 9.73 Å². The maximum atomic E-state index is 12.1. The van der Waals surface area contributed by atoms with E-state index in [1.165, 1.54) is 4.57 Å². The lowest BCUT2D eigenvalue weighted by atomic mass is 10.2. The van der Waals surface area contributed by atoms with Gasteiger partial charge in [-0.05, 0) is 42.8 Å². The van der Waals surface area contributed by atoms with E-state index in [1.54, 1.807) is 18.2 Å². The van der Waals surface area contributed by atoms with Crippen molar-refractivity contribution in [2.75, 3.05) is 5.32 Å². The van der Waals surface area contributed by atoms with Crippen LogP contribution in [0.3, 0.4) is 0 Å². The number of benzene rings is 2. The lowest BCUT2D eigenvalue weighted by Crippen LogP contribution is -2.20. The van der Waals surface area contributed by atoms with Gasteiger partial charge in [0.1, 0.15) is 0 Å². The molecule has 1 N–H and O–H groups in total. The molecule has 2 aromatic carbocycles. The van der Waals surface area contributed by atoms with Crippen molar-refractivity contribution in [3.05, 3.63) is 63.1 Å². The Bertz CT molecular complexity index is 927. The molecular weight excluding hydrogens is 360 g/mol. The Hall–Kier alpha value is -2.34. The monoisotopic (exact) mass is 374 g/mol. The molecule has 1 heterocycles. The zero-order valence-corrected chi connectivity index (χ0v) is 14.1. The number of fused-ring (bicyclic) bond motifs is 1. The first-order valence-corrected chi connectivity index (χ1v) is 7.98. The fourth-order valence-corrected chi connectivity index (χ4v) is 2.89. The summed E-state index contributed by atoms with van der Waals surface area (Å²) in [6.07, 6.45) is 0.193. The molecule has 1 aromatic heterocycles. The van der Waals surface area contributed by atoms with Gasteiger partial charge in [0.25, 0.3) is 0 Å². The first-order chi connectivity index (χ1) is 11.0. The van der Waals surface area contributed by atoms with E-state index in [0.29, 0.717) is 11.1 Å². The number of oxazole rings is 1. The zero-order valence-electron chi connectivity index (χ0n) is 12.5. The lowest BCUT2D eigenvalue weighted by Gasteiger charge is -2.09. The minimum absolute atomic E-state index is 0.146. The Kier molecular flexibility index (Phi) is 4.34. The molecule has 0 saturated heterocycles. The summed E-state index contributed by atoms with van der Waals surface area (Å²) < 4.78 is 7.59. The largest absolute Gasteiger partial charge is 0.419 e. The summed E-state index contributed by atoms with van der Waals surface area (Å²) >= 11 is 3.39. The second kappa shape index (κ2) is 6.42. The van der Waals surface area contributed by atoms with Crippen LogP contribution in [0.25, 0.3) is 11.1 Å². The van der Waals surface area contributed by atoms with Crippen LogP contribution in [-0.4, -0.2) is 10.5 Å². The average molecular weight is 375 g/mol. The van der Waals surface area contributed by atoms with Gasteiger partial charge in [-0.2, -0.15) is 0 Å². The van der Waals surface area contributed by atoms with Crippen LogP contribution in [0.1, 0.15) is 12.0 Å². The number of rotatable bonds is 4. The number of hydrogen-bond donors (Lipinski definition) is 1. The number of carbonyl (C=O) groups excluding carboxylic acids is 1. The van der Waals surface area contributed by atoms with Gasteiger partial charge in [0, 0.05) is 23.1 Å². The standard InChI is InChI=1S/C17H15BrN2O3/c1-11-10-12(18)6-7-13(11)19-16(21)8-9-20-14-4-2-3-5-15(14)23-17(20)22/h2-7,10H,8-9H2,1H3,(H,19,21). The van der Waals surface area contributed by atoms with Crippen molar-refractivity contribution in [3.63, 3.8) is 0 Å². The maximum absolute atomic E-state index is 12.1. The van der Waals surface area contributed by atoms with Gasteiger partial charge >= 0.3 is 5.76 Å². The van der Waals surface area contributed by atoms with Gasteiger partial charge in [0.2, 0.25) is 5.91 Å². The van der Waals surface area contributed by atoms with Crippen LogP contribution in [0.4, 0.5) is 5.69 Å². The van der Waals surface area contributed by atoms with E-state index in [1.807, 2.05) is 31.2 Å². The molecule has 5 nitrogen and oxygen atoms in total. The second-order valence-corrected chi connectivity index (χ2v) is 6.16. The van der Waals surface area contributed by atoms with E-state index in [0.717, 1.165) is 15.7 Å². The highest BCUT2D eigenvalue weighted by Gasteiger charge is 2.11. The van der Waals surface area contributed by atoms with Crippen LogP contribution in [0.5, 0.6) is 0 Å². The van der Waals surface area contributed by atoms with Crippen LogP contribution < -0.4 is 11.1 Å². The van der Waals surface area contributed by atoms with Crippen molar-refractivity contribution in [1.82, 2.24) is 4.57 Å². The quantitative estimate of drug-likeness (QED) is 0.757. The third-order valence-electron chi connectivity index (χ3n) is 3.60. The van der Waals surface area contributed by atoms with Crippen molar-refractivity contribution < 1.29 is 9.21 Å². The normalized spacial score (nSPS) is 10.9. The van der Waals surface area contributed by atoms with Crippen molar-refractivity contribution in [1.29, 1.82) is 0 Å². The zero-order chi connectivity index (χ0) is 16.4. The molecule has 0 saturated carbocycles. The maximum Gasteiger partial charge on any atom is 0.419 e. The van der Waals surface area contributed by atoms with Gasteiger partial charge in [-0.15, -0.1) is 0 Å². The minimum Gasteiger partial charge on any atom is -0.408 e. The number of anilines is 1. The van der Waals surface area contributed by atoms with Crippen LogP contribution in [0.2, 0.25) is 0 Å². The summed E-state index contributed by atoms with van der Waals surface area (Å²) in [7, 11) is 0. The summed E-state index contributed by atoms with van der Waals surface area (Å²) in [4.78, 5) is 24.0. The fraction of sp³-hybridized carbons (Fsp3) is 0.176. The van der Waals surface area contributed by atoms with Crippen LogP contribution >= 0.6 is 15.9 Å². The summed E-state index contributed by atoms with van der Waals surface area (Å²) in [5, 5.41) is 2.86. The van der Waals surface area contributed by atoms with Gasteiger partial charge in [-0.25, -0.2) is 4.79 Å². The minimum atomic E-state index is -0.446. The van der Waals surface area contributed by atoms with E-state index >= 15 is 0 Å². The highest BCUT2D eigenvalue weighted by Crippen LogP contribution is 2.20. The first kappa shape index (κ1) is 15.6. The smallest absolute Gasteiger partial charge is 0.408 e. The Morgan fingerprint density at radius 3 is 2.83 bits per heavy atom. The number of aryl methyl sites for hydroxylation is 2. The number of para-hydroxylation sites is 2. The highest BCUT2D eigenvalue weighted by atomic mass is 79.9. The van der Waals surface area contributed by atoms with E-state index < -0.39 is 5.76 Å². The van der Waals surface area contributed by atoms with Crippen LogP contribution in [0.15, 0.2) is 56.1 Å². The molecule has 118 valence electrons. The number of aromatic nitrogens is 1. The van der Waals surface area contributed by atoms with Crippen LogP contribution in [0, 0.1) is 6.92 Å². The topological polar surface area (TPSA) is 64.2 Å². The molecule has 0 bridgehead atoms. The van der Waals surface area contributed by atoms with Crippen molar-refractivity contribution in [2.45, 2.75) is 19.9 Å². The van der Waals surface area contributed by atoms with E-state index in [9.17, 15) is 9.59 Å². The Morgan fingerprint density at radius 2 is 2.04 bits per heavy atom. The molecule has 3 rings (SSSR count). The molecule has 0 atom stereocenters. The SMILES string of the molecule is Cc1cc(Br)ccc1NC(=O)CCn1c(=O)oc2ccccc21. The predicted octanol–water partition coefficient (Wildman–Crippen LogP) is 3.69. The Balaban J connectivity index is 1.71. The van der Waals surface area contributed by atoms with Crippen molar-refractivity contribution in [3.8, 4) is 0 Å². The molecule has 0 aliphatic rings. The summed E-state index contributed by atoms with van der Waals surface area (Å²) in [5.74, 6) is -0.591. The summed E-state index contributed by atoms with van der Waals surface area (Å²) in [6.45, 7) is 2.20. The Morgan fingerprint density at radius 1 is 1.26 bits per heavy atom. The number of amides is 1. The molecule has 3 aromatic rings. The van der Waals surface area contributed by atoms with Gasteiger partial charge in [0.05, 0.1) is 5.52 Å². The van der Waals surface area contributed by atoms with E-state index in [2.05, 4.69) is 21.2 Å². The van der Waals surface area contributed by atoms with E-state index in [-0.39, 0.29) is 18.9 Å². The molecule has 23 heavy (non-hydrogen) atoms. The van der Waals surface area contributed by atoms with Gasteiger partial charge in [0.15, 0.2) is 5.58 Å². The van der Waals surface area contributed by atoms with E-state index in [4.69, 9.17) is 4.42 Å². The number of hydrogen-bond acceptors (Lipinski definition) is 3. The number of carbonyl (C=O) groups is 1. The molecule has 1 amide bonds. The average Bonchev–Trinajstić information content (AvgIpc) is 2.83. The molecule has 6 heteroatoms. The van der Waals surface area contributed by atoms with Gasteiger partial charge in [-0.1, -0.05) is 28.1 Å². The molecular formula is C17H15BrN2O3. The fourth-order valence-electron chi connectivity index (χ4n) is 2.42. The molecule has 0 radical (unpaired) electrons. The van der Waals surface area contributed by atoms with Gasteiger partial charge in [-0.3, -0.25) is 9.36 Å². The van der Waals surface area contributed by atoms with Crippen molar-refractivity contribution in [2.24, 2.45) is 0 Å². The number of halogens is 1. The van der Waals surface area contributed by atoms with Crippen LogP contribution in [-0.2, 0) is 11.3 Å².